The summed E-state index contributed by atoms with van der Waals surface area (Å²) >= 11 is 1.57. The lowest BCUT2D eigenvalue weighted by Crippen LogP contribution is -2.50. The van der Waals surface area contributed by atoms with Crippen molar-refractivity contribution in [2.75, 3.05) is 12.3 Å². The topological polar surface area (TPSA) is 51.0 Å². The highest BCUT2D eigenvalue weighted by atomic mass is 32.2. The Morgan fingerprint density at radius 3 is 2.62 bits per heavy atom. The quantitative estimate of drug-likeness (QED) is 0.659. The molecule has 0 N–H and O–H groups in total. The first-order valence-electron chi connectivity index (χ1n) is 11.2. The Labute approximate surface area is 177 Å². The number of benzene rings is 1. The number of carbonyl (C=O) groups excluding carboxylic acids is 1. The van der Waals surface area contributed by atoms with Crippen molar-refractivity contribution in [1.29, 1.82) is 0 Å². The average molecular weight is 411 g/mol. The highest BCUT2D eigenvalue weighted by Crippen LogP contribution is 2.40. The minimum absolute atomic E-state index is 0.286. The van der Waals surface area contributed by atoms with E-state index in [9.17, 15) is 4.79 Å². The molecule has 1 aromatic carbocycles. The molecule has 3 aliphatic rings. The van der Waals surface area contributed by atoms with E-state index in [2.05, 4.69) is 43.9 Å². The number of nitrogens with zero attached hydrogens (tertiary/aromatic N) is 4. The molecule has 6 heteroatoms. The van der Waals surface area contributed by atoms with Gasteiger partial charge in [-0.1, -0.05) is 54.9 Å². The predicted octanol–water partition coefficient (Wildman–Crippen LogP) is 4.48. The van der Waals surface area contributed by atoms with Gasteiger partial charge in [0.15, 0.2) is 5.16 Å². The van der Waals surface area contributed by atoms with E-state index in [0.717, 1.165) is 36.4 Å². The van der Waals surface area contributed by atoms with Crippen LogP contribution in [-0.2, 0) is 11.3 Å². The first-order chi connectivity index (χ1) is 14.3. The van der Waals surface area contributed by atoms with E-state index in [-0.39, 0.29) is 5.91 Å². The van der Waals surface area contributed by atoms with E-state index >= 15 is 0 Å². The third-order valence-corrected chi connectivity index (χ3v) is 7.71. The molecule has 0 radical (unpaired) electrons. The standard InChI is InChI=1S/C23H30N4OS/c28-21(26-14-6-10-18-9-4-5-11-20(18)26)16-29-23-25-24-22(19-12-13-19)27(23)15-17-7-2-1-3-8-17/h1-3,7-8,18-20H,4-6,9-16H2/t18-,20-/m1/s1. The first kappa shape index (κ1) is 19.2. The normalized spacial score (nSPS) is 24.3. The lowest BCUT2D eigenvalue weighted by molar-refractivity contribution is -0.134. The minimum atomic E-state index is 0.286. The van der Waals surface area contributed by atoms with Crippen molar-refractivity contribution in [1.82, 2.24) is 19.7 Å². The van der Waals surface area contributed by atoms with Gasteiger partial charge in [0, 0.05) is 18.5 Å². The van der Waals surface area contributed by atoms with Crippen molar-refractivity contribution in [3.63, 3.8) is 0 Å². The Kier molecular flexibility index (Phi) is 5.62. The van der Waals surface area contributed by atoms with Gasteiger partial charge >= 0.3 is 0 Å². The summed E-state index contributed by atoms with van der Waals surface area (Å²) in [5, 5.41) is 9.86. The van der Waals surface area contributed by atoms with E-state index in [1.165, 1.54) is 50.5 Å². The van der Waals surface area contributed by atoms with Gasteiger partial charge in [-0.2, -0.15) is 0 Å². The molecule has 2 aliphatic carbocycles. The number of amides is 1. The Morgan fingerprint density at radius 2 is 1.79 bits per heavy atom. The van der Waals surface area contributed by atoms with Gasteiger partial charge in [-0.3, -0.25) is 4.79 Å². The molecule has 2 saturated carbocycles. The van der Waals surface area contributed by atoms with Crippen molar-refractivity contribution >= 4 is 17.7 Å². The van der Waals surface area contributed by atoms with Crippen LogP contribution in [-0.4, -0.2) is 43.9 Å². The number of carbonyl (C=O) groups is 1. The fourth-order valence-electron chi connectivity index (χ4n) is 5.11. The largest absolute Gasteiger partial charge is 0.339 e. The molecule has 2 atom stereocenters. The van der Waals surface area contributed by atoms with E-state index in [1.807, 2.05) is 6.07 Å². The number of rotatable bonds is 6. The zero-order valence-electron chi connectivity index (χ0n) is 17.0. The molecule has 1 aromatic heterocycles. The maximum absolute atomic E-state index is 13.1. The number of hydrogen-bond acceptors (Lipinski definition) is 4. The summed E-state index contributed by atoms with van der Waals surface area (Å²) in [4.78, 5) is 15.3. The number of hydrogen-bond donors (Lipinski definition) is 0. The zero-order valence-corrected chi connectivity index (χ0v) is 17.8. The van der Waals surface area contributed by atoms with Gasteiger partial charge in [0.2, 0.25) is 5.91 Å². The van der Waals surface area contributed by atoms with Gasteiger partial charge in [-0.25, -0.2) is 0 Å². The van der Waals surface area contributed by atoms with E-state index in [4.69, 9.17) is 0 Å². The molecule has 5 rings (SSSR count). The second-order valence-electron chi connectivity index (χ2n) is 8.82. The van der Waals surface area contributed by atoms with Crippen LogP contribution in [0.3, 0.4) is 0 Å². The lowest BCUT2D eigenvalue weighted by Gasteiger charge is -2.44. The van der Waals surface area contributed by atoms with Crippen LogP contribution in [0.5, 0.6) is 0 Å². The van der Waals surface area contributed by atoms with Gasteiger partial charge in [0.05, 0.1) is 12.3 Å². The molecule has 29 heavy (non-hydrogen) atoms. The Morgan fingerprint density at radius 1 is 1.00 bits per heavy atom. The molecule has 0 spiro atoms. The highest BCUT2D eigenvalue weighted by molar-refractivity contribution is 7.99. The molecular weight excluding hydrogens is 380 g/mol. The molecule has 1 saturated heterocycles. The first-order valence-corrected chi connectivity index (χ1v) is 12.2. The number of likely N-dealkylation sites (tertiary alicyclic amines) is 1. The molecule has 1 amide bonds. The predicted molar refractivity (Wildman–Crippen MR) is 115 cm³/mol. The van der Waals surface area contributed by atoms with Crippen LogP contribution in [0.4, 0.5) is 0 Å². The summed E-state index contributed by atoms with van der Waals surface area (Å²) in [7, 11) is 0. The monoisotopic (exact) mass is 410 g/mol. The van der Waals surface area contributed by atoms with Crippen LogP contribution in [0.1, 0.15) is 68.7 Å². The maximum Gasteiger partial charge on any atom is 0.233 e. The number of fused-ring (bicyclic) bond motifs is 1. The molecule has 1 aliphatic heterocycles. The summed E-state index contributed by atoms with van der Waals surface area (Å²) in [6.45, 7) is 1.72. The van der Waals surface area contributed by atoms with Crippen LogP contribution in [0, 0.1) is 5.92 Å². The van der Waals surface area contributed by atoms with Crippen molar-refractivity contribution in [3.05, 3.63) is 41.7 Å². The van der Waals surface area contributed by atoms with Gasteiger partial charge in [-0.05, 0) is 50.0 Å². The number of thioether (sulfide) groups is 1. The third-order valence-electron chi connectivity index (χ3n) is 6.76. The van der Waals surface area contributed by atoms with Gasteiger partial charge < -0.3 is 9.47 Å². The van der Waals surface area contributed by atoms with Crippen LogP contribution in [0.15, 0.2) is 35.5 Å². The minimum Gasteiger partial charge on any atom is -0.339 e. The summed E-state index contributed by atoms with van der Waals surface area (Å²) in [5.74, 6) is 3.12. The summed E-state index contributed by atoms with van der Waals surface area (Å²) in [5.41, 5.74) is 1.25. The smallest absolute Gasteiger partial charge is 0.233 e. The molecule has 2 heterocycles. The number of aromatic nitrogens is 3. The fraction of sp³-hybridized carbons (Fsp3) is 0.609. The second-order valence-corrected chi connectivity index (χ2v) is 9.76. The summed E-state index contributed by atoms with van der Waals surface area (Å²) in [6.07, 6.45) is 9.97. The molecule has 0 unspecified atom stereocenters. The SMILES string of the molecule is O=C(CSc1nnc(C2CC2)n1Cc1ccccc1)N1CCC[C@H]2CCCC[C@H]21. The van der Waals surface area contributed by atoms with Crippen LogP contribution in [0.25, 0.3) is 0 Å². The second kappa shape index (κ2) is 8.50. The number of piperidine rings is 1. The van der Waals surface area contributed by atoms with Gasteiger partial charge in [-0.15, -0.1) is 10.2 Å². The van der Waals surface area contributed by atoms with E-state index < -0.39 is 0 Å². The maximum atomic E-state index is 13.1. The Hall–Kier alpha value is -1.82. The molecule has 5 nitrogen and oxygen atoms in total. The van der Waals surface area contributed by atoms with Crippen molar-refractivity contribution in [2.24, 2.45) is 5.92 Å². The van der Waals surface area contributed by atoms with Crippen LogP contribution < -0.4 is 0 Å². The summed E-state index contributed by atoms with van der Waals surface area (Å²) in [6, 6.07) is 11.0. The van der Waals surface area contributed by atoms with Crippen molar-refractivity contribution in [2.45, 2.75) is 75.0 Å². The molecule has 154 valence electrons. The van der Waals surface area contributed by atoms with E-state index in [1.54, 1.807) is 11.8 Å². The molecular formula is C23H30N4OS. The van der Waals surface area contributed by atoms with Gasteiger partial charge in [0.25, 0.3) is 0 Å². The lowest BCUT2D eigenvalue weighted by atomic mass is 9.78. The van der Waals surface area contributed by atoms with Crippen LogP contribution in [0.2, 0.25) is 0 Å². The highest BCUT2D eigenvalue weighted by Gasteiger charge is 2.36. The third kappa shape index (κ3) is 4.23. The van der Waals surface area contributed by atoms with Gasteiger partial charge in [0.1, 0.15) is 5.82 Å². The van der Waals surface area contributed by atoms with Crippen LogP contribution >= 0.6 is 11.8 Å². The Bertz CT molecular complexity index is 846. The fourth-order valence-corrected chi connectivity index (χ4v) is 5.94. The summed E-state index contributed by atoms with van der Waals surface area (Å²) < 4.78 is 2.24. The van der Waals surface area contributed by atoms with E-state index in [0.29, 0.717) is 17.7 Å². The van der Waals surface area contributed by atoms with Crippen molar-refractivity contribution < 1.29 is 4.79 Å². The zero-order chi connectivity index (χ0) is 19.6. The van der Waals surface area contributed by atoms with Crippen molar-refractivity contribution in [3.8, 4) is 0 Å². The molecule has 3 fully saturated rings. The molecule has 0 bridgehead atoms. The Balaban J connectivity index is 1.28. The molecule has 2 aromatic rings. The average Bonchev–Trinajstić information content (AvgIpc) is 3.54.